The fourth-order valence-corrected chi connectivity index (χ4v) is 4.69. The summed E-state index contributed by atoms with van der Waals surface area (Å²) in [6.45, 7) is 1.19. The summed E-state index contributed by atoms with van der Waals surface area (Å²) in [5, 5.41) is 2.82. The van der Waals surface area contributed by atoms with Gasteiger partial charge in [-0.25, -0.2) is 8.42 Å². The highest BCUT2D eigenvalue weighted by molar-refractivity contribution is 7.89. The van der Waals surface area contributed by atoms with E-state index in [4.69, 9.17) is 0 Å². The van der Waals surface area contributed by atoms with Crippen LogP contribution in [0.3, 0.4) is 0 Å². The van der Waals surface area contributed by atoms with Crippen molar-refractivity contribution in [2.75, 3.05) is 18.4 Å². The second kappa shape index (κ2) is 9.10. The van der Waals surface area contributed by atoms with Gasteiger partial charge in [0.25, 0.3) is 0 Å². The summed E-state index contributed by atoms with van der Waals surface area (Å²) in [5.74, 6) is -0.0811. The molecular formula is C20H25N3O3S. The Morgan fingerprint density at radius 2 is 1.59 bits per heavy atom. The molecule has 1 fully saturated rings. The quantitative estimate of drug-likeness (QED) is 0.825. The minimum absolute atomic E-state index is 0.0811. The van der Waals surface area contributed by atoms with Gasteiger partial charge in [0.05, 0.1) is 4.90 Å². The molecule has 144 valence electrons. The number of pyridine rings is 1. The molecule has 27 heavy (non-hydrogen) atoms. The second-order valence-corrected chi connectivity index (χ2v) is 8.68. The first-order valence-corrected chi connectivity index (χ1v) is 10.8. The summed E-state index contributed by atoms with van der Waals surface area (Å²) in [5.41, 5.74) is 1.66. The maximum Gasteiger partial charge on any atom is 0.243 e. The van der Waals surface area contributed by atoms with Crippen LogP contribution in [0.1, 0.15) is 37.7 Å². The fraction of sp³-hybridized carbons (Fsp3) is 0.400. The average Bonchev–Trinajstić information content (AvgIpc) is 2.98. The number of nitrogens with one attached hydrogen (secondary N) is 1. The number of rotatable bonds is 6. The summed E-state index contributed by atoms with van der Waals surface area (Å²) < 4.78 is 27.1. The molecule has 1 amide bonds. The van der Waals surface area contributed by atoms with Gasteiger partial charge in [0.2, 0.25) is 15.9 Å². The van der Waals surface area contributed by atoms with Crippen LogP contribution in [-0.2, 0) is 21.2 Å². The molecule has 1 aromatic carbocycles. The van der Waals surface area contributed by atoms with E-state index in [1.165, 1.54) is 0 Å². The van der Waals surface area contributed by atoms with E-state index in [2.05, 4.69) is 10.3 Å². The molecule has 0 atom stereocenters. The minimum atomic E-state index is -3.43. The first-order valence-electron chi connectivity index (χ1n) is 9.35. The molecular weight excluding hydrogens is 362 g/mol. The average molecular weight is 388 g/mol. The number of hydrogen-bond donors (Lipinski definition) is 1. The Hall–Kier alpha value is -2.25. The summed E-state index contributed by atoms with van der Waals surface area (Å²) in [6, 6.07) is 10.4. The number of carbonyl (C=O) groups is 1. The lowest BCUT2D eigenvalue weighted by Gasteiger charge is -2.20. The predicted molar refractivity (Wildman–Crippen MR) is 105 cm³/mol. The van der Waals surface area contributed by atoms with Crippen LogP contribution in [0, 0.1) is 0 Å². The lowest BCUT2D eigenvalue weighted by Crippen LogP contribution is -2.31. The Balaban J connectivity index is 1.57. The molecule has 0 unspecified atom stereocenters. The number of benzene rings is 1. The summed E-state index contributed by atoms with van der Waals surface area (Å²) >= 11 is 0. The minimum Gasteiger partial charge on any atom is -0.326 e. The summed E-state index contributed by atoms with van der Waals surface area (Å²) in [7, 11) is -3.43. The van der Waals surface area contributed by atoms with E-state index in [0.29, 0.717) is 36.5 Å². The SMILES string of the molecule is O=C(CCc1ccc(S(=O)(=O)N2CCCCCC2)cc1)Nc1ccncc1. The molecule has 1 aliphatic rings. The van der Waals surface area contributed by atoms with E-state index < -0.39 is 10.0 Å². The van der Waals surface area contributed by atoms with Crippen molar-refractivity contribution >= 4 is 21.6 Å². The Bertz CT molecular complexity index is 844. The van der Waals surface area contributed by atoms with Gasteiger partial charge in [-0.05, 0) is 49.1 Å². The maximum atomic E-state index is 12.8. The number of aromatic nitrogens is 1. The van der Waals surface area contributed by atoms with E-state index >= 15 is 0 Å². The zero-order valence-corrected chi connectivity index (χ0v) is 16.1. The van der Waals surface area contributed by atoms with Gasteiger partial charge in [-0.15, -0.1) is 0 Å². The van der Waals surface area contributed by atoms with Gasteiger partial charge < -0.3 is 5.32 Å². The van der Waals surface area contributed by atoms with Crippen molar-refractivity contribution in [2.24, 2.45) is 0 Å². The third kappa shape index (κ3) is 5.37. The van der Waals surface area contributed by atoms with Crippen molar-refractivity contribution in [1.82, 2.24) is 9.29 Å². The Labute approximate surface area is 160 Å². The van der Waals surface area contributed by atoms with Gasteiger partial charge >= 0.3 is 0 Å². The van der Waals surface area contributed by atoms with Crippen molar-refractivity contribution in [2.45, 2.75) is 43.4 Å². The Kier molecular flexibility index (Phi) is 6.58. The third-order valence-corrected chi connectivity index (χ3v) is 6.64. The van der Waals surface area contributed by atoms with E-state index in [1.54, 1.807) is 53.1 Å². The van der Waals surface area contributed by atoms with Gasteiger partial charge in [-0.2, -0.15) is 4.31 Å². The molecule has 6 nitrogen and oxygen atoms in total. The lowest BCUT2D eigenvalue weighted by atomic mass is 10.1. The smallest absolute Gasteiger partial charge is 0.243 e. The number of amides is 1. The molecule has 0 radical (unpaired) electrons. The summed E-state index contributed by atoms with van der Waals surface area (Å²) in [4.78, 5) is 16.3. The Morgan fingerprint density at radius 3 is 2.22 bits per heavy atom. The highest BCUT2D eigenvalue weighted by atomic mass is 32.2. The molecule has 1 aliphatic heterocycles. The third-order valence-electron chi connectivity index (χ3n) is 4.73. The van der Waals surface area contributed by atoms with E-state index in [1.807, 2.05) is 0 Å². The first kappa shape index (κ1) is 19.5. The molecule has 1 N–H and O–H groups in total. The molecule has 0 aliphatic carbocycles. The van der Waals surface area contributed by atoms with Gasteiger partial charge in [0.15, 0.2) is 0 Å². The zero-order chi connectivity index (χ0) is 19.1. The lowest BCUT2D eigenvalue weighted by molar-refractivity contribution is -0.116. The van der Waals surface area contributed by atoms with E-state index in [-0.39, 0.29) is 5.91 Å². The fourth-order valence-electron chi connectivity index (χ4n) is 3.18. The number of hydrogen-bond acceptors (Lipinski definition) is 4. The monoisotopic (exact) mass is 387 g/mol. The van der Waals surface area contributed by atoms with Crippen molar-refractivity contribution in [3.8, 4) is 0 Å². The van der Waals surface area contributed by atoms with Crippen molar-refractivity contribution < 1.29 is 13.2 Å². The van der Waals surface area contributed by atoms with Crippen LogP contribution in [0.5, 0.6) is 0 Å². The summed E-state index contributed by atoms with van der Waals surface area (Å²) in [6.07, 6.45) is 8.16. The van der Waals surface area contributed by atoms with Gasteiger partial charge in [0, 0.05) is 37.6 Å². The molecule has 0 bridgehead atoms. The largest absolute Gasteiger partial charge is 0.326 e. The number of sulfonamides is 1. The highest BCUT2D eigenvalue weighted by Gasteiger charge is 2.24. The van der Waals surface area contributed by atoms with Crippen LogP contribution in [0.2, 0.25) is 0 Å². The van der Waals surface area contributed by atoms with Crippen LogP contribution >= 0.6 is 0 Å². The number of carbonyl (C=O) groups excluding carboxylic acids is 1. The van der Waals surface area contributed by atoms with Crippen LogP contribution in [-0.4, -0.2) is 36.7 Å². The zero-order valence-electron chi connectivity index (χ0n) is 15.3. The van der Waals surface area contributed by atoms with E-state index in [9.17, 15) is 13.2 Å². The topological polar surface area (TPSA) is 79.4 Å². The van der Waals surface area contributed by atoms with Crippen LogP contribution < -0.4 is 5.32 Å². The van der Waals surface area contributed by atoms with E-state index in [0.717, 1.165) is 31.2 Å². The standard InChI is InChI=1S/C20H25N3O3S/c24-20(22-18-11-13-21-14-12-18)10-7-17-5-8-19(9-6-17)27(25,26)23-15-3-1-2-4-16-23/h5-6,8-9,11-14H,1-4,7,10,15-16H2,(H,21,22,24). The molecule has 7 heteroatoms. The number of nitrogens with zero attached hydrogens (tertiary/aromatic N) is 2. The molecule has 0 saturated carbocycles. The molecule has 3 rings (SSSR count). The van der Waals surface area contributed by atoms with Crippen molar-refractivity contribution in [1.29, 1.82) is 0 Å². The second-order valence-electron chi connectivity index (χ2n) is 6.75. The van der Waals surface area contributed by atoms with Gasteiger partial charge in [-0.1, -0.05) is 25.0 Å². The number of anilines is 1. The molecule has 1 aromatic heterocycles. The van der Waals surface area contributed by atoms with Crippen molar-refractivity contribution in [3.63, 3.8) is 0 Å². The molecule has 2 heterocycles. The maximum absolute atomic E-state index is 12.8. The van der Waals surface area contributed by atoms with Crippen molar-refractivity contribution in [3.05, 3.63) is 54.4 Å². The van der Waals surface area contributed by atoms with Crippen LogP contribution in [0.25, 0.3) is 0 Å². The first-order chi connectivity index (χ1) is 13.1. The van der Waals surface area contributed by atoms with Gasteiger partial charge in [-0.3, -0.25) is 9.78 Å². The Morgan fingerprint density at radius 1 is 0.963 bits per heavy atom. The van der Waals surface area contributed by atoms with Gasteiger partial charge in [0.1, 0.15) is 0 Å². The molecule has 2 aromatic rings. The van der Waals surface area contributed by atoms with Crippen LogP contribution in [0.15, 0.2) is 53.7 Å². The number of aryl methyl sites for hydroxylation is 1. The van der Waals surface area contributed by atoms with Crippen LogP contribution in [0.4, 0.5) is 5.69 Å². The predicted octanol–water partition coefficient (Wildman–Crippen LogP) is 3.22. The molecule has 1 saturated heterocycles. The molecule has 0 spiro atoms. The normalized spacial score (nSPS) is 15.9. The highest BCUT2D eigenvalue weighted by Crippen LogP contribution is 2.21.